The summed E-state index contributed by atoms with van der Waals surface area (Å²) >= 11 is 0. The molecule has 0 aromatic heterocycles. The van der Waals surface area contributed by atoms with Crippen LogP contribution in [0.25, 0.3) is 5.76 Å². The Kier molecular flexibility index (Phi) is 5.15. The zero-order valence-electron chi connectivity index (χ0n) is 15.6. The van der Waals surface area contributed by atoms with E-state index in [4.69, 9.17) is 0 Å². The molecule has 27 heavy (non-hydrogen) atoms. The Hall–Kier alpha value is -2.92. The van der Waals surface area contributed by atoms with E-state index >= 15 is 0 Å². The van der Waals surface area contributed by atoms with Gasteiger partial charge in [0.1, 0.15) is 5.76 Å². The summed E-state index contributed by atoms with van der Waals surface area (Å²) < 4.78 is 0. The smallest absolute Gasteiger partial charge is 0.295 e. The molecule has 2 N–H and O–H groups in total. The number of β-amino-alcohol motifs (C(OH)–C–C–N with tert-alkyl or cyclic N) is 1. The van der Waals surface area contributed by atoms with Gasteiger partial charge in [-0.3, -0.25) is 9.59 Å². The van der Waals surface area contributed by atoms with Gasteiger partial charge in [0, 0.05) is 12.1 Å². The normalized spacial score (nSPS) is 20.1. The predicted octanol–water partition coefficient (Wildman–Crippen LogP) is 3.11. The summed E-state index contributed by atoms with van der Waals surface area (Å²) in [6, 6.07) is 13.8. The Morgan fingerprint density at radius 3 is 2.04 bits per heavy atom. The number of aliphatic hydroxyl groups excluding tert-OH is 2. The fourth-order valence-corrected chi connectivity index (χ4v) is 3.32. The third kappa shape index (κ3) is 3.64. The number of Topliss-reactive ketones (excluding diaryl/α,β-unsaturated/α-hetero) is 1. The number of hydrogen-bond donors (Lipinski definition) is 2. The number of nitrogens with zero attached hydrogens (tertiary/aromatic N) is 1. The van der Waals surface area contributed by atoms with Crippen molar-refractivity contribution in [3.05, 3.63) is 76.4 Å². The molecule has 2 aromatic rings. The van der Waals surface area contributed by atoms with Crippen molar-refractivity contribution >= 4 is 17.4 Å². The molecule has 0 bridgehead atoms. The fourth-order valence-electron chi connectivity index (χ4n) is 3.32. The third-order valence-electron chi connectivity index (χ3n) is 4.72. The molecule has 1 aliphatic heterocycles. The van der Waals surface area contributed by atoms with Crippen molar-refractivity contribution in [3.8, 4) is 0 Å². The molecule has 3 rings (SSSR count). The van der Waals surface area contributed by atoms with Crippen LogP contribution >= 0.6 is 0 Å². The van der Waals surface area contributed by atoms with Crippen molar-refractivity contribution in [1.29, 1.82) is 0 Å². The van der Waals surface area contributed by atoms with Gasteiger partial charge in [-0.15, -0.1) is 0 Å². The monoisotopic (exact) mass is 365 g/mol. The van der Waals surface area contributed by atoms with E-state index in [1.165, 1.54) is 4.90 Å². The summed E-state index contributed by atoms with van der Waals surface area (Å²) in [5.74, 6) is -1.65. The molecule has 0 spiro atoms. The Balaban J connectivity index is 2.17. The molecule has 140 valence electrons. The van der Waals surface area contributed by atoms with Gasteiger partial charge in [-0.25, -0.2) is 0 Å². The summed E-state index contributed by atoms with van der Waals surface area (Å²) in [6.45, 7) is 5.44. The van der Waals surface area contributed by atoms with E-state index in [9.17, 15) is 19.8 Å². The van der Waals surface area contributed by atoms with E-state index in [1.807, 2.05) is 50.2 Å². The van der Waals surface area contributed by atoms with Gasteiger partial charge in [-0.2, -0.15) is 0 Å². The molecule has 1 amide bonds. The number of amides is 1. The molecule has 1 heterocycles. The Bertz CT molecular complexity index is 895. The van der Waals surface area contributed by atoms with Crippen LogP contribution in [0.1, 0.15) is 35.2 Å². The van der Waals surface area contributed by atoms with Gasteiger partial charge in [0.25, 0.3) is 11.7 Å². The van der Waals surface area contributed by atoms with Crippen LogP contribution in [0.15, 0.2) is 54.1 Å². The van der Waals surface area contributed by atoms with Gasteiger partial charge in [0.2, 0.25) is 0 Å². The molecule has 1 aliphatic rings. The maximum atomic E-state index is 12.7. The van der Waals surface area contributed by atoms with Gasteiger partial charge < -0.3 is 15.1 Å². The second-order valence-electron chi connectivity index (χ2n) is 7.08. The molecule has 0 radical (unpaired) electrons. The zero-order valence-corrected chi connectivity index (χ0v) is 15.6. The van der Waals surface area contributed by atoms with Crippen LogP contribution in [0.2, 0.25) is 0 Å². The van der Waals surface area contributed by atoms with Crippen LogP contribution in [0, 0.1) is 13.8 Å². The second kappa shape index (κ2) is 7.37. The van der Waals surface area contributed by atoms with Crippen LogP contribution < -0.4 is 0 Å². The van der Waals surface area contributed by atoms with Crippen molar-refractivity contribution in [1.82, 2.24) is 4.90 Å². The molecule has 2 atom stereocenters. The Labute approximate surface area is 158 Å². The highest BCUT2D eigenvalue weighted by atomic mass is 16.3. The lowest BCUT2D eigenvalue weighted by Crippen LogP contribution is -2.35. The van der Waals surface area contributed by atoms with Crippen molar-refractivity contribution in [2.24, 2.45) is 0 Å². The van der Waals surface area contributed by atoms with Gasteiger partial charge in [0.05, 0.1) is 17.7 Å². The lowest BCUT2D eigenvalue weighted by Gasteiger charge is -2.26. The van der Waals surface area contributed by atoms with Gasteiger partial charge in [-0.1, -0.05) is 59.7 Å². The molecule has 1 saturated heterocycles. The van der Waals surface area contributed by atoms with Gasteiger partial charge in [0.15, 0.2) is 0 Å². The lowest BCUT2D eigenvalue weighted by molar-refractivity contribution is -0.140. The summed E-state index contributed by atoms with van der Waals surface area (Å²) in [4.78, 5) is 26.7. The van der Waals surface area contributed by atoms with Gasteiger partial charge >= 0.3 is 0 Å². The summed E-state index contributed by atoms with van der Waals surface area (Å²) in [7, 11) is 0. The highest BCUT2D eigenvalue weighted by Crippen LogP contribution is 2.39. The van der Waals surface area contributed by atoms with E-state index in [2.05, 4.69) is 0 Å². The fraction of sp³-hybridized carbons (Fsp3) is 0.273. The standard InChI is InChI=1S/C22H23NO4/c1-13-4-8-16(9-5-13)19-18(20(25)17-10-6-14(2)7-11-17)21(26)22(27)23(19)12-15(3)24/h4-11,15,19,24-25H,12H2,1-3H3/b20-18-. The summed E-state index contributed by atoms with van der Waals surface area (Å²) in [5.41, 5.74) is 3.32. The maximum absolute atomic E-state index is 12.7. The predicted molar refractivity (Wildman–Crippen MR) is 103 cm³/mol. The quantitative estimate of drug-likeness (QED) is 0.496. The minimum Gasteiger partial charge on any atom is -0.507 e. The zero-order chi connectivity index (χ0) is 19.7. The highest BCUT2D eigenvalue weighted by Gasteiger charge is 2.46. The van der Waals surface area contributed by atoms with Crippen molar-refractivity contribution in [3.63, 3.8) is 0 Å². The number of likely N-dealkylation sites (tertiary alicyclic amines) is 1. The van der Waals surface area contributed by atoms with Crippen molar-refractivity contribution < 1.29 is 19.8 Å². The number of carbonyl (C=O) groups excluding carboxylic acids is 2. The second-order valence-corrected chi connectivity index (χ2v) is 7.08. The summed E-state index contributed by atoms with van der Waals surface area (Å²) in [5, 5.41) is 20.7. The van der Waals surface area contributed by atoms with Crippen molar-refractivity contribution in [2.45, 2.75) is 32.9 Å². The van der Waals surface area contributed by atoms with E-state index < -0.39 is 23.8 Å². The first-order valence-corrected chi connectivity index (χ1v) is 8.89. The van der Waals surface area contributed by atoms with Crippen LogP contribution in [0.5, 0.6) is 0 Å². The lowest BCUT2D eigenvalue weighted by atomic mass is 9.94. The first kappa shape index (κ1) is 18.9. The SMILES string of the molecule is Cc1ccc(/C(O)=C2/C(=O)C(=O)N(CC(C)O)C2c2ccc(C)cc2)cc1. The molecule has 2 unspecified atom stereocenters. The van der Waals surface area contributed by atoms with E-state index in [-0.39, 0.29) is 17.9 Å². The Morgan fingerprint density at radius 1 is 1.00 bits per heavy atom. The van der Waals surface area contributed by atoms with Crippen LogP contribution in [-0.2, 0) is 9.59 Å². The van der Waals surface area contributed by atoms with Crippen molar-refractivity contribution in [2.75, 3.05) is 6.54 Å². The number of benzene rings is 2. The average molecular weight is 365 g/mol. The largest absolute Gasteiger partial charge is 0.507 e. The van der Waals surface area contributed by atoms with Crippen LogP contribution in [0.3, 0.4) is 0 Å². The maximum Gasteiger partial charge on any atom is 0.295 e. The first-order chi connectivity index (χ1) is 12.8. The molecule has 5 nitrogen and oxygen atoms in total. The molecular weight excluding hydrogens is 342 g/mol. The minimum absolute atomic E-state index is 0.00773. The van der Waals surface area contributed by atoms with Crippen LogP contribution in [-0.4, -0.2) is 39.5 Å². The Morgan fingerprint density at radius 2 is 1.52 bits per heavy atom. The van der Waals surface area contributed by atoms with E-state index in [0.29, 0.717) is 11.1 Å². The molecule has 5 heteroatoms. The third-order valence-corrected chi connectivity index (χ3v) is 4.72. The molecular formula is C22H23NO4. The molecule has 0 saturated carbocycles. The van der Waals surface area contributed by atoms with E-state index in [1.54, 1.807) is 19.1 Å². The first-order valence-electron chi connectivity index (χ1n) is 8.89. The number of hydrogen-bond acceptors (Lipinski definition) is 4. The van der Waals surface area contributed by atoms with Gasteiger partial charge in [-0.05, 0) is 26.3 Å². The minimum atomic E-state index is -0.796. The average Bonchev–Trinajstić information content (AvgIpc) is 2.87. The number of carbonyl (C=O) groups is 2. The summed E-state index contributed by atoms with van der Waals surface area (Å²) in [6.07, 6.45) is -0.796. The molecule has 1 fully saturated rings. The number of aliphatic hydroxyl groups is 2. The van der Waals surface area contributed by atoms with Crippen LogP contribution in [0.4, 0.5) is 0 Å². The molecule has 0 aliphatic carbocycles. The topological polar surface area (TPSA) is 77.8 Å². The van der Waals surface area contributed by atoms with E-state index in [0.717, 1.165) is 11.1 Å². The molecule has 2 aromatic carbocycles. The highest BCUT2D eigenvalue weighted by molar-refractivity contribution is 6.46. The number of ketones is 1. The number of rotatable bonds is 4. The number of aryl methyl sites for hydroxylation is 2.